The molecule has 1 aromatic carbocycles. The van der Waals surface area contributed by atoms with Crippen LogP contribution in [0.3, 0.4) is 0 Å². The summed E-state index contributed by atoms with van der Waals surface area (Å²) in [4.78, 5) is 0. The van der Waals surface area contributed by atoms with Gasteiger partial charge >= 0.3 is 0 Å². The predicted octanol–water partition coefficient (Wildman–Crippen LogP) is 3.71. The molecule has 1 aliphatic rings. The largest absolute Gasteiger partial charge is 0.313 e. The number of hydrogen-bond acceptors (Lipinski definition) is 1. The van der Waals surface area contributed by atoms with Crippen LogP contribution in [0.1, 0.15) is 45.1 Å². The number of nitrogens with one attached hydrogen (secondary N) is 1. The summed E-state index contributed by atoms with van der Waals surface area (Å²) in [5, 5.41) is 3.58. The molecule has 1 N–H and O–H groups in total. The topological polar surface area (TPSA) is 12.0 Å². The van der Waals surface area contributed by atoms with Gasteiger partial charge in [-0.1, -0.05) is 32.9 Å². The van der Waals surface area contributed by atoms with Crippen LogP contribution in [-0.2, 0) is 0 Å². The summed E-state index contributed by atoms with van der Waals surface area (Å²) in [6, 6.07) is 7.64. The molecule has 17 heavy (non-hydrogen) atoms. The molecule has 0 unspecified atom stereocenters. The van der Waals surface area contributed by atoms with E-state index in [0.717, 1.165) is 24.9 Å². The van der Waals surface area contributed by atoms with Gasteiger partial charge in [-0.15, -0.1) is 0 Å². The van der Waals surface area contributed by atoms with Gasteiger partial charge < -0.3 is 5.32 Å². The second-order valence-electron chi connectivity index (χ2n) is 6.36. The summed E-state index contributed by atoms with van der Waals surface area (Å²) in [7, 11) is 0. The minimum absolute atomic E-state index is 0.117. The molecular weight excluding hydrogens is 213 g/mol. The summed E-state index contributed by atoms with van der Waals surface area (Å²) in [5.41, 5.74) is 1.49. The van der Waals surface area contributed by atoms with Crippen LogP contribution in [0.15, 0.2) is 24.3 Å². The molecule has 0 aliphatic heterocycles. The Hall–Kier alpha value is -0.890. The molecule has 0 radical (unpaired) electrons. The fraction of sp³-hybridized carbons (Fsp3) is 0.600. The van der Waals surface area contributed by atoms with Gasteiger partial charge in [0.15, 0.2) is 0 Å². The molecule has 1 aromatic rings. The Bertz CT molecular complexity index is 375. The standard InChI is InChI=1S/C15H22FN/c1-15(2,3)10-17-14-8-12(9-14)11-5-4-6-13(16)7-11/h4-7,12,14,17H,8-10H2,1-3H3. The van der Waals surface area contributed by atoms with Gasteiger partial charge in [0, 0.05) is 12.6 Å². The Morgan fingerprint density at radius 1 is 1.29 bits per heavy atom. The first kappa shape index (κ1) is 12.6. The normalized spacial score (nSPS) is 24.5. The number of benzene rings is 1. The maximum Gasteiger partial charge on any atom is 0.123 e. The van der Waals surface area contributed by atoms with Gasteiger partial charge in [-0.2, -0.15) is 0 Å². The van der Waals surface area contributed by atoms with E-state index in [2.05, 4.69) is 26.1 Å². The van der Waals surface area contributed by atoms with Gasteiger partial charge in [0.25, 0.3) is 0 Å². The van der Waals surface area contributed by atoms with Gasteiger partial charge in [-0.25, -0.2) is 4.39 Å². The molecule has 1 nitrogen and oxygen atoms in total. The van der Waals surface area contributed by atoms with Crippen LogP contribution < -0.4 is 5.32 Å². The molecule has 94 valence electrons. The highest BCUT2D eigenvalue weighted by atomic mass is 19.1. The second kappa shape index (κ2) is 4.77. The molecular formula is C15H22FN. The van der Waals surface area contributed by atoms with Crippen LogP contribution in [0, 0.1) is 11.2 Å². The van der Waals surface area contributed by atoms with Crippen LogP contribution in [0.25, 0.3) is 0 Å². The Kier molecular flexibility index (Phi) is 3.53. The van der Waals surface area contributed by atoms with E-state index >= 15 is 0 Å². The molecule has 0 aromatic heterocycles. The van der Waals surface area contributed by atoms with Crippen molar-refractivity contribution in [2.45, 2.75) is 45.6 Å². The van der Waals surface area contributed by atoms with E-state index in [-0.39, 0.29) is 5.82 Å². The Morgan fingerprint density at radius 3 is 2.59 bits per heavy atom. The van der Waals surface area contributed by atoms with Crippen molar-refractivity contribution in [1.82, 2.24) is 5.32 Å². The van der Waals surface area contributed by atoms with Crippen molar-refractivity contribution in [3.05, 3.63) is 35.6 Å². The molecule has 0 bridgehead atoms. The molecule has 0 atom stereocenters. The first-order valence-corrected chi connectivity index (χ1v) is 6.43. The number of hydrogen-bond donors (Lipinski definition) is 1. The van der Waals surface area contributed by atoms with Gasteiger partial charge in [0.1, 0.15) is 5.82 Å². The van der Waals surface area contributed by atoms with Crippen LogP contribution in [-0.4, -0.2) is 12.6 Å². The molecule has 0 saturated heterocycles. The SMILES string of the molecule is CC(C)(C)CNC1CC(c2cccc(F)c2)C1. The number of rotatable bonds is 3. The maximum absolute atomic E-state index is 13.1. The highest BCUT2D eigenvalue weighted by Gasteiger charge is 2.30. The Morgan fingerprint density at radius 2 is 2.00 bits per heavy atom. The second-order valence-corrected chi connectivity index (χ2v) is 6.36. The highest BCUT2D eigenvalue weighted by Crippen LogP contribution is 2.37. The fourth-order valence-corrected chi connectivity index (χ4v) is 2.27. The zero-order chi connectivity index (χ0) is 12.5. The van der Waals surface area contributed by atoms with Crippen molar-refractivity contribution in [3.8, 4) is 0 Å². The minimum atomic E-state index is -0.117. The lowest BCUT2D eigenvalue weighted by atomic mass is 9.75. The molecule has 0 heterocycles. The highest BCUT2D eigenvalue weighted by molar-refractivity contribution is 5.23. The van der Waals surface area contributed by atoms with Crippen LogP contribution in [0.5, 0.6) is 0 Å². The lowest BCUT2D eigenvalue weighted by Gasteiger charge is -2.38. The molecule has 1 aliphatic carbocycles. The summed E-state index contributed by atoms with van der Waals surface area (Å²) < 4.78 is 13.1. The Balaban J connectivity index is 1.79. The lowest BCUT2D eigenvalue weighted by Crippen LogP contribution is -2.43. The average Bonchev–Trinajstić information content (AvgIpc) is 2.13. The van der Waals surface area contributed by atoms with E-state index < -0.39 is 0 Å². The van der Waals surface area contributed by atoms with Crippen LogP contribution in [0.4, 0.5) is 4.39 Å². The van der Waals surface area contributed by atoms with Crippen molar-refractivity contribution in [1.29, 1.82) is 0 Å². The third kappa shape index (κ3) is 3.53. The Labute approximate surface area is 103 Å². The predicted molar refractivity (Wildman–Crippen MR) is 69.6 cm³/mol. The zero-order valence-corrected chi connectivity index (χ0v) is 11.0. The molecule has 0 spiro atoms. The molecule has 1 saturated carbocycles. The first-order chi connectivity index (χ1) is 7.94. The summed E-state index contributed by atoms with van der Waals surface area (Å²) in [6.45, 7) is 7.77. The van der Waals surface area contributed by atoms with Gasteiger partial charge in [0.2, 0.25) is 0 Å². The first-order valence-electron chi connectivity index (χ1n) is 6.43. The van der Waals surface area contributed by atoms with Crippen molar-refractivity contribution < 1.29 is 4.39 Å². The van der Waals surface area contributed by atoms with Gasteiger partial charge in [0.05, 0.1) is 0 Å². The average molecular weight is 235 g/mol. The van der Waals surface area contributed by atoms with Crippen molar-refractivity contribution in [2.24, 2.45) is 5.41 Å². The summed E-state index contributed by atoms with van der Waals surface area (Å²) in [6.07, 6.45) is 2.28. The third-order valence-electron chi connectivity index (χ3n) is 3.38. The molecule has 2 heteroatoms. The quantitative estimate of drug-likeness (QED) is 0.842. The minimum Gasteiger partial charge on any atom is -0.313 e. The van der Waals surface area contributed by atoms with Crippen LogP contribution in [0.2, 0.25) is 0 Å². The van der Waals surface area contributed by atoms with E-state index in [9.17, 15) is 4.39 Å². The lowest BCUT2D eigenvalue weighted by molar-refractivity contribution is 0.254. The van der Waals surface area contributed by atoms with Crippen molar-refractivity contribution in [2.75, 3.05) is 6.54 Å². The third-order valence-corrected chi connectivity index (χ3v) is 3.38. The number of halogens is 1. The van der Waals surface area contributed by atoms with Crippen molar-refractivity contribution in [3.63, 3.8) is 0 Å². The monoisotopic (exact) mass is 235 g/mol. The van der Waals surface area contributed by atoms with Crippen LogP contribution >= 0.6 is 0 Å². The van der Waals surface area contributed by atoms with Gasteiger partial charge in [-0.05, 0) is 41.9 Å². The van der Waals surface area contributed by atoms with E-state index in [0.29, 0.717) is 17.4 Å². The van der Waals surface area contributed by atoms with Gasteiger partial charge in [-0.3, -0.25) is 0 Å². The van der Waals surface area contributed by atoms with Crippen molar-refractivity contribution >= 4 is 0 Å². The molecule has 0 amide bonds. The van der Waals surface area contributed by atoms with E-state index in [1.54, 1.807) is 12.1 Å². The zero-order valence-electron chi connectivity index (χ0n) is 11.0. The molecule has 1 fully saturated rings. The summed E-state index contributed by atoms with van der Waals surface area (Å²) >= 11 is 0. The van der Waals surface area contributed by atoms with E-state index in [4.69, 9.17) is 0 Å². The fourth-order valence-electron chi connectivity index (χ4n) is 2.27. The van der Waals surface area contributed by atoms with E-state index in [1.165, 1.54) is 6.07 Å². The van der Waals surface area contributed by atoms with E-state index in [1.807, 2.05) is 6.07 Å². The summed E-state index contributed by atoms with van der Waals surface area (Å²) in [5.74, 6) is 0.428. The maximum atomic E-state index is 13.1. The molecule has 2 rings (SSSR count). The smallest absolute Gasteiger partial charge is 0.123 e.